The van der Waals surface area contributed by atoms with E-state index in [1.807, 2.05) is 30.3 Å². The molecule has 0 radical (unpaired) electrons. The van der Waals surface area contributed by atoms with Crippen molar-refractivity contribution in [1.82, 2.24) is 4.90 Å². The predicted molar refractivity (Wildman–Crippen MR) is 85.2 cm³/mol. The molecular formula is C18H21NO5. The highest BCUT2D eigenvalue weighted by atomic mass is 16.6. The van der Waals surface area contributed by atoms with Gasteiger partial charge in [0.25, 0.3) is 5.91 Å². The molecule has 2 heterocycles. The molecular weight excluding hydrogens is 310 g/mol. The highest BCUT2D eigenvalue weighted by molar-refractivity contribution is 5.92. The normalized spacial score (nSPS) is 29.2. The largest absolute Gasteiger partial charge is 0.480 e. The van der Waals surface area contributed by atoms with Crippen LogP contribution in [0.1, 0.15) is 38.2 Å². The number of fused-ring (bicyclic) bond motifs is 1. The first-order valence-electron chi connectivity index (χ1n) is 8.22. The SMILES string of the molecule is CC(=O)O[C@@]1(Cc2ccccc2)CC[C@@H]2CC[C@@H](C(=O)O)N2C1=O. The van der Waals surface area contributed by atoms with Crippen LogP contribution in [0, 0.1) is 0 Å². The first-order chi connectivity index (χ1) is 11.4. The summed E-state index contributed by atoms with van der Waals surface area (Å²) in [5.74, 6) is -1.89. The van der Waals surface area contributed by atoms with Crippen LogP contribution in [0.5, 0.6) is 0 Å². The number of hydrogen-bond donors (Lipinski definition) is 1. The number of ether oxygens (including phenoxy) is 1. The smallest absolute Gasteiger partial charge is 0.326 e. The van der Waals surface area contributed by atoms with E-state index in [0.29, 0.717) is 25.7 Å². The van der Waals surface area contributed by atoms with E-state index in [9.17, 15) is 19.5 Å². The van der Waals surface area contributed by atoms with Crippen LogP contribution >= 0.6 is 0 Å². The van der Waals surface area contributed by atoms with Crippen LogP contribution < -0.4 is 0 Å². The first-order valence-corrected chi connectivity index (χ1v) is 8.22. The van der Waals surface area contributed by atoms with Gasteiger partial charge in [0.2, 0.25) is 0 Å². The van der Waals surface area contributed by atoms with Crippen LogP contribution in [0.4, 0.5) is 0 Å². The van der Waals surface area contributed by atoms with E-state index in [1.54, 1.807) is 0 Å². The Kier molecular flexibility index (Phi) is 4.30. The third kappa shape index (κ3) is 2.88. The Balaban J connectivity index is 1.94. The molecule has 0 unspecified atom stereocenters. The Morgan fingerprint density at radius 2 is 1.96 bits per heavy atom. The highest BCUT2D eigenvalue weighted by Crippen LogP contribution is 2.40. The van der Waals surface area contributed by atoms with E-state index < -0.39 is 23.6 Å². The number of rotatable bonds is 4. The van der Waals surface area contributed by atoms with Crippen molar-refractivity contribution >= 4 is 17.8 Å². The summed E-state index contributed by atoms with van der Waals surface area (Å²) in [6.07, 6.45) is 2.47. The second kappa shape index (κ2) is 6.26. The molecule has 24 heavy (non-hydrogen) atoms. The lowest BCUT2D eigenvalue weighted by Crippen LogP contribution is -2.61. The van der Waals surface area contributed by atoms with Gasteiger partial charge in [-0.3, -0.25) is 9.59 Å². The summed E-state index contributed by atoms with van der Waals surface area (Å²) >= 11 is 0. The number of amides is 1. The maximum atomic E-state index is 13.2. The molecule has 2 fully saturated rings. The second-order valence-corrected chi connectivity index (χ2v) is 6.59. The van der Waals surface area contributed by atoms with Gasteiger partial charge in [-0.25, -0.2) is 4.79 Å². The van der Waals surface area contributed by atoms with Gasteiger partial charge in [0.05, 0.1) is 0 Å². The Morgan fingerprint density at radius 3 is 2.58 bits per heavy atom. The number of nitrogens with zero attached hydrogens (tertiary/aromatic N) is 1. The summed E-state index contributed by atoms with van der Waals surface area (Å²) in [5.41, 5.74) is -0.418. The number of benzene rings is 1. The summed E-state index contributed by atoms with van der Waals surface area (Å²) in [5, 5.41) is 9.41. The minimum Gasteiger partial charge on any atom is -0.480 e. The number of piperidine rings is 1. The molecule has 3 rings (SSSR count). The third-order valence-corrected chi connectivity index (χ3v) is 4.96. The van der Waals surface area contributed by atoms with E-state index in [-0.39, 0.29) is 18.4 Å². The molecule has 2 aliphatic heterocycles. The zero-order chi connectivity index (χ0) is 17.3. The van der Waals surface area contributed by atoms with Gasteiger partial charge in [-0.15, -0.1) is 0 Å². The Morgan fingerprint density at radius 1 is 1.25 bits per heavy atom. The van der Waals surface area contributed by atoms with Crippen molar-refractivity contribution in [3.63, 3.8) is 0 Å². The van der Waals surface area contributed by atoms with Gasteiger partial charge in [-0.05, 0) is 31.2 Å². The maximum absolute atomic E-state index is 13.2. The zero-order valence-corrected chi connectivity index (χ0v) is 13.6. The number of carboxylic acid groups (broad SMARTS) is 1. The predicted octanol–water partition coefficient (Wildman–Crippen LogP) is 1.77. The summed E-state index contributed by atoms with van der Waals surface area (Å²) < 4.78 is 5.51. The van der Waals surface area contributed by atoms with Crippen LogP contribution in [0.15, 0.2) is 30.3 Å². The first kappa shape index (κ1) is 16.5. The van der Waals surface area contributed by atoms with E-state index in [4.69, 9.17) is 4.74 Å². The standard InChI is InChI=1S/C18H21NO5/c1-12(20)24-18(11-13-5-3-2-4-6-13)10-9-14-7-8-15(16(21)22)19(14)17(18)23/h2-6,14-15H,7-11H2,1H3,(H,21,22)/t14-,15-,18+/m0/s1. The minimum absolute atomic E-state index is 0.0712. The molecule has 2 aliphatic rings. The number of hydrogen-bond acceptors (Lipinski definition) is 4. The van der Waals surface area contributed by atoms with Crippen molar-refractivity contribution in [2.45, 2.75) is 56.7 Å². The Hall–Kier alpha value is -2.37. The van der Waals surface area contributed by atoms with Gasteiger partial charge in [-0.2, -0.15) is 0 Å². The summed E-state index contributed by atoms with van der Waals surface area (Å²) in [7, 11) is 0. The molecule has 3 atom stereocenters. The van der Waals surface area contributed by atoms with Crippen LogP contribution in [0.2, 0.25) is 0 Å². The van der Waals surface area contributed by atoms with E-state index in [0.717, 1.165) is 5.56 Å². The molecule has 0 spiro atoms. The van der Waals surface area contributed by atoms with Crippen LogP contribution in [0.25, 0.3) is 0 Å². The average Bonchev–Trinajstić information content (AvgIpc) is 2.96. The minimum atomic E-state index is -1.30. The summed E-state index contributed by atoms with van der Waals surface area (Å²) in [4.78, 5) is 37.8. The summed E-state index contributed by atoms with van der Waals surface area (Å²) in [6.45, 7) is 1.28. The van der Waals surface area contributed by atoms with Gasteiger partial charge in [0, 0.05) is 19.4 Å². The van der Waals surface area contributed by atoms with Crippen LogP contribution in [-0.2, 0) is 25.5 Å². The third-order valence-electron chi connectivity index (χ3n) is 4.96. The van der Waals surface area contributed by atoms with E-state index in [1.165, 1.54) is 11.8 Å². The number of carbonyl (C=O) groups is 3. The number of aliphatic carboxylic acids is 1. The van der Waals surface area contributed by atoms with Crippen molar-refractivity contribution in [3.05, 3.63) is 35.9 Å². The van der Waals surface area contributed by atoms with Gasteiger partial charge in [-0.1, -0.05) is 30.3 Å². The van der Waals surface area contributed by atoms with Gasteiger partial charge in [0.15, 0.2) is 5.60 Å². The van der Waals surface area contributed by atoms with Crippen molar-refractivity contribution in [1.29, 1.82) is 0 Å². The summed E-state index contributed by atoms with van der Waals surface area (Å²) in [6, 6.07) is 8.46. The molecule has 6 heteroatoms. The topological polar surface area (TPSA) is 83.9 Å². The highest BCUT2D eigenvalue weighted by Gasteiger charge is 2.55. The molecule has 6 nitrogen and oxygen atoms in total. The molecule has 0 aromatic heterocycles. The molecule has 2 saturated heterocycles. The van der Waals surface area contributed by atoms with Crippen LogP contribution in [-0.4, -0.2) is 45.5 Å². The van der Waals surface area contributed by atoms with Crippen molar-refractivity contribution in [2.24, 2.45) is 0 Å². The van der Waals surface area contributed by atoms with E-state index >= 15 is 0 Å². The molecule has 1 aromatic carbocycles. The van der Waals surface area contributed by atoms with Crippen molar-refractivity contribution in [3.8, 4) is 0 Å². The molecule has 128 valence electrons. The monoisotopic (exact) mass is 331 g/mol. The van der Waals surface area contributed by atoms with Crippen molar-refractivity contribution < 1.29 is 24.2 Å². The molecule has 0 bridgehead atoms. The van der Waals surface area contributed by atoms with E-state index in [2.05, 4.69) is 0 Å². The quantitative estimate of drug-likeness (QED) is 0.850. The lowest BCUT2D eigenvalue weighted by atomic mass is 9.83. The Labute approximate surface area is 140 Å². The number of carbonyl (C=O) groups excluding carboxylic acids is 2. The Bertz CT molecular complexity index is 659. The van der Waals surface area contributed by atoms with Crippen LogP contribution in [0.3, 0.4) is 0 Å². The number of esters is 1. The average molecular weight is 331 g/mol. The molecule has 1 N–H and O–H groups in total. The van der Waals surface area contributed by atoms with Gasteiger partial charge >= 0.3 is 11.9 Å². The lowest BCUT2D eigenvalue weighted by molar-refractivity contribution is -0.182. The fourth-order valence-electron chi connectivity index (χ4n) is 3.95. The van der Waals surface area contributed by atoms with Crippen molar-refractivity contribution in [2.75, 3.05) is 0 Å². The number of carboxylic acids is 1. The maximum Gasteiger partial charge on any atom is 0.326 e. The molecule has 1 amide bonds. The molecule has 0 aliphatic carbocycles. The van der Waals surface area contributed by atoms with Gasteiger partial charge < -0.3 is 14.7 Å². The lowest BCUT2D eigenvalue weighted by Gasteiger charge is -2.43. The fourth-order valence-corrected chi connectivity index (χ4v) is 3.95. The fraction of sp³-hybridized carbons (Fsp3) is 0.500. The molecule has 0 saturated carbocycles. The van der Waals surface area contributed by atoms with Gasteiger partial charge in [0.1, 0.15) is 6.04 Å². The zero-order valence-electron chi connectivity index (χ0n) is 13.6. The molecule has 1 aromatic rings. The second-order valence-electron chi connectivity index (χ2n) is 6.59.